The molecule has 3 aromatic rings. The molecule has 2 aromatic heterocycles. The molecule has 0 aliphatic rings. The van der Waals surface area contributed by atoms with Crippen molar-refractivity contribution in [3.8, 4) is 11.3 Å². The average molecular weight is 234 g/mol. The van der Waals surface area contributed by atoms with Crippen molar-refractivity contribution >= 4 is 16.6 Å². The standard InChI is InChI=1S/C14H10N4/c1-9-6-11-13(7-12(9)15-2)17-18-14(11)10-4-3-5-16-8-10/h3-8H,1H3,(H,17,18). The first-order valence-electron chi connectivity index (χ1n) is 5.56. The van der Waals surface area contributed by atoms with Crippen LogP contribution >= 0.6 is 0 Å². The Labute approximate surface area is 104 Å². The zero-order chi connectivity index (χ0) is 12.5. The van der Waals surface area contributed by atoms with Gasteiger partial charge in [-0.25, -0.2) is 4.85 Å². The predicted molar refractivity (Wildman–Crippen MR) is 70.3 cm³/mol. The van der Waals surface area contributed by atoms with E-state index in [-0.39, 0.29) is 0 Å². The van der Waals surface area contributed by atoms with E-state index in [0.717, 1.165) is 27.7 Å². The Bertz CT molecular complexity index is 751. The fraction of sp³-hybridized carbons (Fsp3) is 0.0714. The molecule has 86 valence electrons. The van der Waals surface area contributed by atoms with Gasteiger partial charge in [0.25, 0.3) is 0 Å². The van der Waals surface area contributed by atoms with E-state index >= 15 is 0 Å². The summed E-state index contributed by atoms with van der Waals surface area (Å²) in [5.74, 6) is 0. The van der Waals surface area contributed by atoms with Crippen LogP contribution < -0.4 is 0 Å². The van der Waals surface area contributed by atoms with Gasteiger partial charge in [-0.05, 0) is 30.7 Å². The smallest absolute Gasteiger partial charge is 0.192 e. The van der Waals surface area contributed by atoms with E-state index in [1.54, 1.807) is 12.4 Å². The summed E-state index contributed by atoms with van der Waals surface area (Å²) in [6.07, 6.45) is 3.52. The number of benzene rings is 1. The number of aryl methyl sites for hydroxylation is 1. The third-order valence-corrected chi connectivity index (χ3v) is 2.93. The van der Waals surface area contributed by atoms with Gasteiger partial charge in [-0.15, -0.1) is 0 Å². The number of aromatic nitrogens is 3. The van der Waals surface area contributed by atoms with Crippen LogP contribution in [0.5, 0.6) is 0 Å². The second-order valence-corrected chi connectivity index (χ2v) is 4.11. The maximum absolute atomic E-state index is 7.11. The minimum atomic E-state index is 0.656. The molecule has 0 bridgehead atoms. The lowest BCUT2D eigenvalue weighted by Crippen LogP contribution is -1.80. The number of H-pyrrole nitrogens is 1. The molecule has 3 rings (SSSR count). The molecule has 4 nitrogen and oxygen atoms in total. The molecule has 0 aliphatic carbocycles. The van der Waals surface area contributed by atoms with Crippen LogP contribution in [0.15, 0.2) is 36.7 Å². The molecule has 1 N–H and O–H groups in total. The fourth-order valence-electron chi connectivity index (χ4n) is 2.00. The van der Waals surface area contributed by atoms with Crippen molar-refractivity contribution in [1.29, 1.82) is 0 Å². The number of hydrogen-bond acceptors (Lipinski definition) is 2. The molecular weight excluding hydrogens is 224 g/mol. The van der Waals surface area contributed by atoms with Crippen molar-refractivity contribution in [1.82, 2.24) is 15.2 Å². The predicted octanol–water partition coefficient (Wildman–Crippen LogP) is 3.48. The first kappa shape index (κ1) is 10.5. The van der Waals surface area contributed by atoms with Crippen LogP contribution in [0.25, 0.3) is 27.0 Å². The average Bonchev–Trinajstić information content (AvgIpc) is 2.81. The van der Waals surface area contributed by atoms with Gasteiger partial charge in [-0.1, -0.05) is 6.07 Å². The summed E-state index contributed by atoms with van der Waals surface area (Å²) in [6.45, 7) is 9.05. The molecule has 0 radical (unpaired) electrons. The molecule has 18 heavy (non-hydrogen) atoms. The monoisotopic (exact) mass is 234 g/mol. The van der Waals surface area contributed by atoms with E-state index in [9.17, 15) is 0 Å². The Kier molecular flexibility index (Phi) is 2.31. The SMILES string of the molecule is [C-]#[N+]c1cc2[nH]nc(-c3cccnc3)c2cc1C. The second kappa shape index (κ2) is 3.97. The molecule has 0 saturated heterocycles. The zero-order valence-corrected chi connectivity index (χ0v) is 9.81. The lowest BCUT2D eigenvalue weighted by Gasteiger charge is -1.99. The van der Waals surface area contributed by atoms with Gasteiger partial charge in [0, 0.05) is 23.3 Å². The third-order valence-electron chi connectivity index (χ3n) is 2.93. The molecule has 2 heterocycles. The van der Waals surface area contributed by atoms with Gasteiger partial charge in [-0.2, -0.15) is 5.10 Å². The summed E-state index contributed by atoms with van der Waals surface area (Å²) in [5, 5.41) is 8.30. The fourth-order valence-corrected chi connectivity index (χ4v) is 2.00. The van der Waals surface area contributed by atoms with E-state index in [4.69, 9.17) is 6.57 Å². The van der Waals surface area contributed by atoms with Gasteiger partial charge in [0.05, 0.1) is 12.1 Å². The normalized spacial score (nSPS) is 10.4. The first-order chi connectivity index (χ1) is 8.79. The molecule has 0 unspecified atom stereocenters. The van der Waals surface area contributed by atoms with Gasteiger partial charge in [0.2, 0.25) is 0 Å². The quantitative estimate of drug-likeness (QED) is 0.655. The second-order valence-electron chi connectivity index (χ2n) is 4.11. The van der Waals surface area contributed by atoms with E-state index in [1.165, 1.54) is 0 Å². The summed E-state index contributed by atoms with van der Waals surface area (Å²) in [5.41, 5.74) is 4.34. The number of nitrogens with zero attached hydrogens (tertiary/aromatic N) is 3. The van der Waals surface area contributed by atoms with Crippen molar-refractivity contribution in [2.45, 2.75) is 6.92 Å². The van der Waals surface area contributed by atoms with Crippen LogP contribution in [-0.2, 0) is 0 Å². The highest BCUT2D eigenvalue weighted by Crippen LogP contribution is 2.30. The topological polar surface area (TPSA) is 45.9 Å². The van der Waals surface area contributed by atoms with Gasteiger partial charge in [-0.3, -0.25) is 10.1 Å². The van der Waals surface area contributed by atoms with Crippen LogP contribution in [0.1, 0.15) is 5.56 Å². The molecule has 4 heteroatoms. The number of hydrogen-bond donors (Lipinski definition) is 1. The van der Waals surface area contributed by atoms with Crippen LogP contribution in [0.3, 0.4) is 0 Å². The van der Waals surface area contributed by atoms with E-state index < -0.39 is 0 Å². The van der Waals surface area contributed by atoms with Gasteiger partial charge in [0.1, 0.15) is 5.69 Å². The molecule has 0 spiro atoms. The molecule has 1 aromatic carbocycles. The highest BCUT2D eigenvalue weighted by atomic mass is 15.1. The maximum Gasteiger partial charge on any atom is 0.192 e. The van der Waals surface area contributed by atoms with Crippen molar-refractivity contribution < 1.29 is 0 Å². The summed E-state index contributed by atoms with van der Waals surface area (Å²) in [4.78, 5) is 7.59. The lowest BCUT2D eigenvalue weighted by atomic mass is 10.1. The molecule has 0 atom stereocenters. The maximum atomic E-state index is 7.11. The molecule has 0 amide bonds. The van der Waals surface area contributed by atoms with Gasteiger partial charge < -0.3 is 0 Å². The van der Waals surface area contributed by atoms with Crippen molar-refractivity contribution in [2.75, 3.05) is 0 Å². The third kappa shape index (κ3) is 1.54. The summed E-state index contributed by atoms with van der Waals surface area (Å²) in [7, 11) is 0. The molecule has 0 saturated carbocycles. The summed E-state index contributed by atoms with van der Waals surface area (Å²) < 4.78 is 0. The zero-order valence-electron chi connectivity index (χ0n) is 9.81. The molecule has 0 aliphatic heterocycles. The highest BCUT2D eigenvalue weighted by molar-refractivity contribution is 5.95. The van der Waals surface area contributed by atoms with Gasteiger partial charge >= 0.3 is 0 Å². The minimum Gasteiger partial charge on any atom is -0.278 e. The number of nitrogens with one attached hydrogen (secondary N) is 1. The Hall–Kier alpha value is -2.67. The summed E-state index contributed by atoms with van der Waals surface area (Å²) in [6, 6.07) is 7.69. The Morgan fingerprint density at radius 2 is 2.22 bits per heavy atom. The number of fused-ring (bicyclic) bond motifs is 1. The van der Waals surface area contributed by atoms with E-state index in [2.05, 4.69) is 20.0 Å². The molecule has 0 fully saturated rings. The van der Waals surface area contributed by atoms with Crippen LogP contribution in [0.2, 0.25) is 0 Å². The molecular formula is C14H10N4. The van der Waals surface area contributed by atoms with Crippen molar-refractivity contribution in [3.05, 3.63) is 53.6 Å². The number of aromatic amines is 1. The highest BCUT2D eigenvalue weighted by Gasteiger charge is 2.10. The van der Waals surface area contributed by atoms with Crippen LogP contribution in [0.4, 0.5) is 5.69 Å². The summed E-state index contributed by atoms with van der Waals surface area (Å²) >= 11 is 0. The Balaban J connectivity index is 2.28. The first-order valence-corrected chi connectivity index (χ1v) is 5.56. The largest absolute Gasteiger partial charge is 0.278 e. The Morgan fingerprint density at radius 1 is 1.33 bits per heavy atom. The number of rotatable bonds is 1. The number of pyridine rings is 1. The van der Waals surface area contributed by atoms with E-state index in [1.807, 2.05) is 31.2 Å². The van der Waals surface area contributed by atoms with Crippen LogP contribution in [0, 0.1) is 13.5 Å². The van der Waals surface area contributed by atoms with Gasteiger partial charge in [0.15, 0.2) is 5.69 Å². The van der Waals surface area contributed by atoms with Crippen molar-refractivity contribution in [2.24, 2.45) is 0 Å². The van der Waals surface area contributed by atoms with Crippen LogP contribution in [-0.4, -0.2) is 15.2 Å². The lowest BCUT2D eigenvalue weighted by molar-refractivity contribution is 1.12. The van der Waals surface area contributed by atoms with Crippen molar-refractivity contribution in [3.63, 3.8) is 0 Å². The Morgan fingerprint density at radius 3 is 2.94 bits per heavy atom. The minimum absolute atomic E-state index is 0.656. The van der Waals surface area contributed by atoms with E-state index in [0.29, 0.717) is 5.69 Å².